The highest BCUT2D eigenvalue weighted by Crippen LogP contribution is 2.40. The number of carbonyl (C=O) groups excluding carboxylic acids is 1. The molecule has 6 heteroatoms. The van der Waals surface area contributed by atoms with Gasteiger partial charge in [0, 0.05) is 42.8 Å². The number of hydrogen-bond donors (Lipinski definition) is 1. The van der Waals surface area contributed by atoms with E-state index in [4.69, 9.17) is 4.74 Å². The molecule has 0 saturated carbocycles. The van der Waals surface area contributed by atoms with E-state index < -0.39 is 0 Å². The lowest BCUT2D eigenvalue weighted by Gasteiger charge is -2.37. The molecule has 2 atom stereocenters. The van der Waals surface area contributed by atoms with Crippen molar-refractivity contribution in [1.29, 1.82) is 0 Å². The fraction of sp³-hybridized carbons (Fsp3) is 0.667. The van der Waals surface area contributed by atoms with E-state index in [1.54, 1.807) is 0 Å². The third-order valence-corrected chi connectivity index (χ3v) is 4.50. The van der Waals surface area contributed by atoms with Crippen LogP contribution in [0.1, 0.15) is 23.7 Å². The fourth-order valence-electron chi connectivity index (χ4n) is 3.07. The van der Waals surface area contributed by atoms with Gasteiger partial charge < -0.3 is 9.53 Å². The molecular formula is C12H16BrN3O2. The molecule has 1 fully saturated rings. The van der Waals surface area contributed by atoms with E-state index in [0.717, 1.165) is 43.5 Å². The minimum Gasteiger partial charge on any atom is -0.381 e. The van der Waals surface area contributed by atoms with E-state index in [-0.39, 0.29) is 6.04 Å². The molecule has 0 bridgehead atoms. The molecule has 98 valence electrons. The smallest absolute Gasteiger partial charge is 0.134 e. The Balaban J connectivity index is 1.96. The van der Waals surface area contributed by atoms with Gasteiger partial charge >= 0.3 is 0 Å². The van der Waals surface area contributed by atoms with Crippen LogP contribution in [0, 0.1) is 5.92 Å². The Labute approximate surface area is 114 Å². The molecule has 1 aromatic rings. The fourth-order valence-corrected chi connectivity index (χ4v) is 3.63. The van der Waals surface area contributed by atoms with Crippen LogP contribution in [0.4, 0.5) is 0 Å². The topological polar surface area (TPSA) is 58.2 Å². The monoisotopic (exact) mass is 313 g/mol. The van der Waals surface area contributed by atoms with Crippen LogP contribution in [0.2, 0.25) is 0 Å². The second-order valence-corrected chi connectivity index (χ2v) is 5.64. The maximum Gasteiger partial charge on any atom is 0.134 e. The number of H-pyrrole nitrogens is 1. The number of nitrogens with one attached hydrogen (secondary N) is 1. The lowest BCUT2D eigenvalue weighted by Crippen LogP contribution is -2.40. The zero-order chi connectivity index (χ0) is 12.5. The minimum atomic E-state index is 0.245. The summed E-state index contributed by atoms with van der Waals surface area (Å²) in [7, 11) is 0. The molecule has 1 aromatic heterocycles. The number of aldehydes is 1. The highest BCUT2D eigenvalue weighted by atomic mass is 79.9. The first-order chi connectivity index (χ1) is 8.81. The summed E-state index contributed by atoms with van der Waals surface area (Å²) in [6, 6.07) is 0.245. The van der Waals surface area contributed by atoms with Gasteiger partial charge in [0.2, 0.25) is 0 Å². The van der Waals surface area contributed by atoms with Crippen LogP contribution in [0.25, 0.3) is 0 Å². The van der Waals surface area contributed by atoms with Crippen LogP contribution in [-0.2, 0) is 16.0 Å². The predicted octanol–water partition coefficient (Wildman–Crippen LogP) is 1.31. The number of aromatic amines is 1. The van der Waals surface area contributed by atoms with Crippen molar-refractivity contribution in [1.82, 2.24) is 15.1 Å². The molecule has 0 spiro atoms. The van der Waals surface area contributed by atoms with E-state index >= 15 is 0 Å². The Kier molecular flexibility index (Phi) is 3.50. The number of aromatic nitrogens is 2. The van der Waals surface area contributed by atoms with Crippen molar-refractivity contribution >= 4 is 22.2 Å². The number of halogens is 1. The Morgan fingerprint density at radius 1 is 1.61 bits per heavy atom. The van der Waals surface area contributed by atoms with Crippen molar-refractivity contribution in [3.8, 4) is 0 Å². The number of fused-ring (bicyclic) bond motifs is 1. The largest absolute Gasteiger partial charge is 0.381 e. The van der Waals surface area contributed by atoms with Gasteiger partial charge in [-0.25, -0.2) is 0 Å². The lowest BCUT2D eigenvalue weighted by molar-refractivity contribution is -0.109. The summed E-state index contributed by atoms with van der Waals surface area (Å²) in [5.41, 5.74) is 2.42. The maximum absolute atomic E-state index is 10.9. The summed E-state index contributed by atoms with van der Waals surface area (Å²) < 4.78 is 6.39. The summed E-state index contributed by atoms with van der Waals surface area (Å²) in [4.78, 5) is 13.1. The number of ether oxygens (including phenoxy) is 1. The average Bonchev–Trinajstić information content (AvgIpc) is 3.00. The number of carbonyl (C=O) groups is 1. The molecular weight excluding hydrogens is 298 g/mol. The summed E-state index contributed by atoms with van der Waals surface area (Å²) in [6.45, 7) is 2.98. The molecule has 3 rings (SSSR count). The minimum absolute atomic E-state index is 0.245. The van der Waals surface area contributed by atoms with Gasteiger partial charge in [-0.1, -0.05) is 0 Å². The number of hydrogen-bond acceptors (Lipinski definition) is 4. The van der Waals surface area contributed by atoms with Crippen molar-refractivity contribution in [3.05, 3.63) is 15.9 Å². The molecule has 3 heterocycles. The van der Waals surface area contributed by atoms with Gasteiger partial charge in [-0.2, -0.15) is 5.10 Å². The van der Waals surface area contributed by atoms with Crippen molar-refractivity contribution in [2.45, 2.75) is 18.9 Å². The first-order valence-corrected chi connectivity index (χ1v) is 7.08. The number of nitrogens with zero attached hydrogens (tertiary/aromatic N) is 2. The van der Waals surface area contributed by atoms with Gasteiger partial charge in [-0.3, -0.25) is 10.00 Å². The lowest BCUT2D eigenvalue weighted by atomic mass is 9.87. The molecule has 0 aromatic carbocycles. The van der Waals surface area contributed by atoms with Gasteiger partial charge in [0.1, 0.15) is 10.9 Å². The maximum atomic E-state index is 10.9. The summed E-state index contributed by atoms with van der Waals surface area (Å²) in [5, 5.41) is 7.34. The quantitative estimate of drug-likeness (QED) is 0.855. The highest BCUT2D eigenvalue weighted by Gasteiger charge is 2.38. The molecule has 0 amide bonds. The zero-order valence-corrected chi connectivity index (χ0v) is 11.6. The second kappa shape index (κ2) is 5.11. The van der Waals surface area contributed by atoms with E-state index in [1.165, 1.54) is 11.3 Å². The summed E-state index contributed by atoms with van der Waals surface area (Å²) in [6.07, 6.45) is 2.96. The Morgan fingerprint density at radius 3 is 3.22 bits per heavy atom. The normalized spacial score (nSPS) is 28.3. The molecule has 2 aliphatic heterocycles. The zero-order valence-electron chi connectivity index (χ0n) is 10.1. The molecule has 1 unspecified atom stereocenters. The van der Waals surface area contributed by atoms with E-state index in [1.807, 2.05) is 0 Å². The van der Waals surface area contributed by atoms with Crippen LogP contribution >= 0.6 is 15.9 Å². The SMILES string of the molecule is O=CCN1CCc2[nH]nc(Br)c2C1[C@@H]1CCOC1. The molecule has 1 N–H and O–H groups in total. The van der Waals surface area contributed by atoms with E-state index in [0.29, 0.717) is 12.5 Å². The number of rotatable bonds is 3. The van der Waals surface area contributed by atoms with E-state index in [9.17, 15) is 4.79 Å². The van der Waals surface area contributed by atoms with Gasteiger partial charge in [0.25, 0.3) is 0 Å². The first-order valence-electron chi connectivity index (χ1n) is 6.29. The average molecular weight is 314 g/mol. The molecule has 18 heavy (non-hydrogen) atoms. The van der Waals surface area contributed by atoms with Crippen LogP contribution < -0.4 is 0 Å². The first kappa shape index (κ1) is 12.3. The third kappa shape index (κ3) is 2.02. The Bertz CT molecular complexity index is 443. The Hall–Kier alpha value is -0.720. The molecule has 0 aliphatic carbocycles. The van der Waals surface area contributed by atoms with Crippen LogP contribution in [0.5, 0.6) is 0 Å². The van der Waals surface area contributed by atoms with Crippen molar-refractivity contribution in [2.24, 2.45) is 5.92 Å². The van der Waals surface area contributed by atoms with Crippen molar-refractivity contribution in [3.63, 3.8) is 0 Å². The second-order valence-electron chi connectivity index (χ2n) is 4.89. The Morgan fingerprint density at radius 2 is 2.50 bits per heavy atom. The van der Waals surface area contributed by atoms with Crippen LogP contribution in [0.3, 0.4) is 0 Å². The van der Waals surface area contributed by atoms with Crippen LogP contribution in [0.15, 0.2) is 4.60 Å². The molecule has 0 radical (unpaired) electrons. The van der Waals surface area contributed by atoms with E-state index in [2.05, 4.69) is 31.0 Å². The van der Waals surface area contributed by atoms with Gasteiger partial charge in [-0.05, 0) is 22.4 Å². The van der Waals surface area contributed by atoms with Crippen molar-refractivity contribution in [2.75, 3.05) is 26.3 Å². The van der Waals surface area contributed by atoms with Gasteiger partial charge in [0.05, 0.1) is 13.2 Å². The molecule has 1 saturated heterocycles. The predicted molar refractivity (Wildman–Crippen MR) is 69.3 cm³/mol. The van der Waals surface area contributed by atoms with Crippen LogP contribution in [-0.4, -0.2) is 47.7 Å². The molecule has 2 aliphatic rings. The van der Waals surface area contributed by atoms with Gasteiger partial charge in [0.15, 0.2) is 0 Å². The highest BCUT2D eigenvalue weighted by molar-refractivity contribution is 9.10. The summed E-state index contributed by atoms with van der Waals surface area (Å²) >= 11 is 3.52. The standard InChI is InChI=1S/C12H16BrN3O2/c13-12-10-9(14-15-12)1-3-16(4-5-17)11(10)8-2-6-18-7-8/h5,8,11H,1-4,6-7H2,(H,14,15)/t8-,11?/m1/s1. The third-order valence-electron chi connectivity index (χ3n) is 3.90. The molecule has 5 nitrogen and oxygen atoms in total. The van der Waals surface area contributed by atoms with Crippen molar-refractivity contribution < 1.29 is 9.53 Å². The van der Waals surface area contributed by atoms with Gasteiger partial charge in [-0.15, -0.1) is 0 Å². The summed E-state index contributed by atoms with van der Waals surface area (Å²) in [5.74, 6) is 0.456.